The first-order chi connectivity index (χ1) is 9.22. The van der Waals surface area contributed by atoms with Crippen molar-refractivity contribution in [1.82, 2.24) is 4.98 Å². The highest BCUT2D eigenvalue weighted by molar-refractivity contribution is 9.10. The van der Waals surface area contributed by atoms with Crippen LogP contribution < -0.4 is 5.32 Å². The van der Waals surface area contributed by atoms with Crippen LogP contribution in [0.3, 0.4) is 0 Å². The number of methoxy groups -OCH3 is 1. The first-order valence-electron chi connectivity index (χ1n) is 5.71. The van der Waals surface area contributed by atoms with Gasteiger partial charge in [0.2, 0.25) is 0 Å². The molecule has 0 radical (unpaired) electrons. The second-order valence-corrected chi connectivity index (χ2v) is 4.64. The van der Waals surface area contributed by atoms with Crippen LogP contribution in [0.5, 0.6) is 0 Å². The minimum absolute atomic E-state index is 0.205. The van der Waals surface area contributed by atoms with Crippen molar-refractivity contribution >= 4 is 27.5 Å². The quantitative estimate of drug-likeness (QED) is 0.880. The smallest absolute Gasteiger partial charge is 0.258 e. The summed E-state index contributed by atoms with van der Waals surface area (Å²) in [7, 11) is 1.62. The zero-order chi connectivity index (χ0) is 13.7. The van der Waals surface area contributed by atoms with Crippen molar-refractivity contribution in [3.8, 4) is 0 Å². The molecule has 19 heavy (non-hydrogen) atoms. The van der Waals surface area contributed by atoms with Crippen LogP contribution in [0.2, 0.25) is 0 Å². The number of rotatable bonds is 4. The molecule has 2 aromatic rings. The van der Waals surface area contributed by atoms with Crippen LogP contribution in [0.15, 0.2) is 47.2 Å². The first kappa shape index (κ1) is 13.7. The van der Waals surface area contributed by atoms with E-state index in [1.165, 1.54) is 0 Å². The number of anilines is 1. The van der Waals surface area contributed by atoms with E-state index < -0.39 is 0 Å². The summed E-state index contributed by atoms with van der Waals surface area (Å²) in [5.74, 6) is -0.205. The number of nitrogens with one attached hydrogen (secondary N) is 1. The number of nitrogens with zero attached hydrogens (tertiary/aromatic N) is 1. The molecule has 1 aromatic heterocycles. The maximum atomic E-state index is 12.2. The van der Waals surface area contributed by atoms with Crippen LogP contribution in [0.1, 0.15) is 15.9 Å². The summed E-state index contributed by atoms with van der Waals surface area (Å²) in [5, 5.41) is 2.86. The van der Waals surface area contributed by atoms with Gasteiger partial charge in [-0.2, -0.15) is 0 Å². The first-order valence-corrected chi connectivity index (χ1v) is 6.50. The summed E-state index contributed by atoms with van der Waals surface area (Å²) in [6.07, 6.45) is 1.62. The molecule has 0 bridgehead atoms. The van der Waals surface area contributed by atoms with E-state index in [1.54, 1.807) is 25.4 Å². The monoisotopic (exact) mass is 320 g/mol. The molecule has 1 aromatic carbocycles. The van der Waals surface area contributed by atoms with E-state index in [2.05, 4.69) is 26.2 Å². The topological polar surface area (TPSA) is 51.2 Å². The minimum atomic E-state index is -0.205. The minimum Gasteiger partial charge on any atom is -0.380 e. The number of amides is 1. The third-order valence-electron chi connectivity index (χ3n) is 2.57. The van der Waals surface area contributed by atoms with Gasteiger partial charge in [0.05, 0.1) is 12.2 Å². The normalized spacial score (nSPS) is 10.2. The van der Waals surface area contributed by atoms with Crippen LogP contribution in [0.4, 0.5) is 5.69 Å². The lowest BCUT2D eigenvalue weighted by Crippen LogP contribution is -2.14. The van der Waals surface area contributed by atoms with Crippen LogP contribution in [0.25, 0.3) is 0 Å². The molecule has 1 amide bonds. The molecule has 98 valence electrons. The number of aromatic nitrogens is 1. The number of ether oxygens (including phenoxy) is 1. The highest BCUT2D eigenvalue weighted by Gasteiger charge is 2.12. The average molecular weight is 321 g/mol. The molecule has 4 nitrogen and oxygen atoms in total. The molecule has 0 fully saturated rings. The van der Waals surface area contributed by atoms with Gasteiger partial charge in [-0.1, -0.05) is 18.2 Å². The fourth-order valence-electron chi connectivity index (χ4n) is 1.67. The van der Waals surface area contributed by atoms with Crippen molar-refractivity contribution in [2.45, 2.75) is 6.61 Å². The zero-order valence-electron chi connectivity index (χ0n) is 10.4. The molecule has 5 heteroatoms. The van der Waals surface area contributed by atoms with E-state index in [-0.39, 0.29) is 5.91 Å². The van der Waals surface area contributed by atoms with Crippen molar-refractivity contribution < 1.29 is 9.53 Å². The van der Waals surface area contributed by atoms with Gasteiger partial charge in [0.25, 0.3) is 5.91 Å². The van der Waals surface area contributed by atoms with Gasteiger partial charge in [-0.25, -0.2) is 4.98 Å². The number of halogens is 1. The van der Waals surface area contributed by atoms with E-state index in [4.69, 9.17) is 4.74 Å². The Balaban J connectivity index is 2.22. The molecule has 0 spiro atoms. The summed E-state index contributed by atoms with van der Waals surface area (Å²) in [6, 6.07) is 11.0. The highest BCUT2D eigenvalue weighted by Crippen LogP contribution is 2.19. The van der Waals surface area contributed by atoms with E-state index in [0.717, 1.165) is 11.3 Å². The third kappa shape index (κ3) is 3.39. The molecule has 2 rings (SSSR count). The SMILES string of the molecule is COCc1ccccc1NC(=O)c1cccnc1Br. The van der Waals surface area contributed by atoms with Gasteiger partial charge in [-0.3, -0.25) is 4.79 Å². The lowest BCUT2D eigenvalue weighted by Gasteiger charge is -2.10. The van der Waals surface area contributed by atoms with Gasteiger partial charge in [-0.05, 0) is 34.1 Å². The molecule has 0 aliphatic rings. The van der Waals surface area contributed by atoms with Gasteiger partial charge in [0.15, 0.2) is 0 Å². The van der Waals surface area contributed by atoms with Gasteiger partial charge < -0.3 is 10.1 Å². The van der Waals surface area contributed by atoms with Crippen LogP contribution in [0, 0.1) is 0 Å². The molecular weight excluding hydrogens is 308 g/mol. The number of benzene rings is 1. The Morgan fingerprint density at radius 1 is 1.32 bits per heavy atom. The van der Waals surface area contributed by atoms with Crippen LogP contribution >= 0.6 is 15.9 Å². The maximum absolute atomic E-state index is 12.2. The van der Waals surface area contributed by atoms with Crippen molar-refractivity contribution in [3.63, 3.8) is 0 Å². The average Bonchev–Trinajstić information content (AvgIpc) is 2.41. The van der Waals surface area contributed by atoms with Crippen molar-refractivity contribution in [3.05, 3.63) is 58.3 Å². The molecule has 0 aliphatic carbocycles. The number of carbonyl (C=O) groups excluding carboxylic acids is 1. The number of carbonyl (C=O) groups is 1. The van der Waals surface area contributed by atoms with Gasteiger partial charge >= 0.3 is 0 Å². The van der Waals surface area contributed by atoms with E-state index >= 15 is 0 Å². The Kier molecular flexibility index (Phi) is 4.65. The Labute approximate surface area is 119 Å². The standard InChI is InChI=1S/C14H13BrN2O2/c1-19-9-10-5-2-3-7-12(10)17-14(18)11-6-4-8-16-13(11)15/h2-8H,9H2,1H3,(H,17,18). The van der Waals surface area contributed by atoms with Crippen molar-refractivity contribution in [1.29, 1.82) is 0 Å². The van der Waals surface area contributed by atoms with Crippen molar-refractivity contribution in [2.24, 2.45) is 0 Å². The molecule has 0 saturated heterocycles. The molecule has 1 N–H and O–H groups in total. The summed E-state index contributed by atoms with van der Waals surface area (Å²) in [6.45, 7) is 0.449. The summed E-state index contributed by atoms with van der Waals surface area (Å²) < 4.78 is 5.63. The fraction of sp³-hybridized carbons (Fsp3) is 0.143. The third-order valence-corrected chi connectivity index (χ3v) is 3.20. The number of hydrogen-bond donors (Lipinski definition) is 1. The summed E-state index contributed by atoms with van der Waals surface area (Å²) in [4.78, 5) is 16.2. The number of pyridine rings is 1. The molecule has 0 unspecified atom stereocenters. The molecular formula is C14H13BrN2O2. The predicted octanol–water partition coefficient (Wildman–Crippen LogP) is 3.24. The van der Waals surface area contributed by atoms with Crippen molar-refractivity contribution in [2.75, 3.05) is 12.4 Å². The van der Waals surface area contributed by atoms with Crippen LogP contribution in [-0.2, 0) is 11.3 Å². The molecule has 0 saturated carbocycles. The zero-order valence-corrected chi connectivity index (χ0v) is 12.0. The van der Waals surface area contributed by atoms with E-state index in [1.807, 2.05) is 24.3 Å². The Bertz CT molecular complexity index is 587. The lowest BCUT2D eigenvalue weighted by molar-refractivity contribution is 0.102. The Morgan fingerprint density at radius 2 is 2.11 bits per heavy atom. The molecule has 0 aliphatic heterocycles. The predicted molar refractivity (Wildman–Crippen MR) is 77.0 cm³/mol. The molecule has 0 atom stereocenters. The van der Waals surface area contributed by atoms with Crippen LogP contribution in [-0.4, -0.2) is 18.0 Å². The second-order valence-electron chi connectivity index (χ2n) is 3.89. The maximum Gasteiger partial charge on any atom is 0.258 e. The van der Waals surface area contributed by atoms with Gasteiger partial charge in [0, 0.05) is 24.6 Å². The fourth-order valence-corrected chi connectivity index (χ4v) is 2.10. The largest absolute Gasteiger partial charge is 0.380 e. The Morgan fingerprint density at radius 3 is 2.84 bits per heavy atom. The lowest BCUT2D eigenvalue weighted by atomic mass is 10.1. The highest BCUT2D eigenvalue weighted by atomic mass is 79.9. The number of para-hydroxylation sites is 1. The van der Waals surface area contributed by atoms with E-state index in [0.29, 0.717) is 16.8 Å². The molecule has 1 heterocycles. The Hall–Kier alpha value is -1.72. The van der Waals surface area contributed by atoms with Gasteiger partial charge in [-0.15, -0.1) is 0 Å². The van der Waals surface area contributed by atoms with E-state index in [9.17, 15) is 4.79 Å². The summed E-state index contributed by atoms with van der Waals surface area (Å²) in [5.41, 5.74) is 2.16. The second kappa shape index (κ2) is 6.45. The number of hydrogen-bond acceptors (Lipinski definition) is 3. The summed E-state index contributed by atoms with van der Waals surface area (Å²) >= 11 is 3.26. The van der Waals surface area contributed by atoms with Gasteiger partial charge in [0.1, 0.15) is 4.60 Å².